The van der Waals surface area contributed by atoms with E-state index >= 15 is 0 Å². The van der Waals surface area contributed by atoms with Crippen molar-refractivity contribution in [1.82, 2.24) is 14.5 Å². The Balaban J connectivity index is 2.02. The Morgan fingerprint density at radius 1 is 1.15 bits per heavy atom. The first-order valence-corrected chi connectivity index (χ1v) is 13.0. The quantitative estimate of drug-likeness (QED) is 0.182. The molecule has 1 aromatic heterocycles. The van der Waals surface area contributed by atoms with Gasteiger partial charge in [0.2, 0.25) is 6.41 Å². The second kappa shape index (κ2) is 11.4. The summed E-state index contributed by atoms with van der Waals surface area (Å²) in [7, 11) is 4.76. The van der Waals surface area contributed by atoms with Gasteiger partial charge in [-0.15, -0.1) is 0 Å². The average Bonchev–Trinajstić information content (AvgIpc) is 3.43. The lowest BCUT2D eigenvalue weighted by molar-refractivity contribution is -0.115. The summed E-state index contributed by atoms with van der Waals surface area (Å²) in [5.74, 6) is 1.38. The molecule has 0 radical (unpaired) electrons. The average molecular weight is 549 g/mol. The van der Waals surface area contributed by atoms with Gasteiger partial charge in [-0.05, 0) is 63.1 Å². The second-order valence-electron chi connectivity index (χ2n) is 9.61. The number of halogens is 1. The highest BCUT2D eigenvalue weighted by Gasteiger charge is 2.46. The first kappa shape index (κ1) is 28.0. The standard InChI is InChI=1S/C30H33ClN4O4/c1-8-22(25(39-7)16-33(5)17-36)29-32-26-28(34(29)18(2)3)27(20-10-12-21(31)13-11-20)35(30(26)37)23-15-19(4)9-14-24(23)38-6/h8-18,27H,1-7H3/b22-8+,25-16+. The second-order valence-corrected chi connectivity index (χ2v) is 10.0. The molecule has 2 aromatic carbocycles. The van der Waals surface area contributed by atoms with Gasteiger partial charge in [0.1, 0.15) is 23.4 Å². The van der Waals surface area contributed by atoms with Crippen LogP contribution in [-0.4, -0.2) is 48.0 Å². The molecule has 8 nitrogen and oxygen atoms in total. The van der Waals surface area contributed by atoms with Gasteiger partial charge in [0.15, 0.2) is 5.69 Å². The van der Waals surface area contributed by atoms with Crippen LogP contribution in [0, 0.1) is 6.92 Å². The first-order chi connectivity index (χ1) is 18.7. The van der Waals surface area contributed by atoms with E-state index in [1.54, 1.807) is 25.3 Å². The van der Waals surface area contributed by atoms with Crippen molar-refractivity contribution in [3.05, 3.63) is 93.9 Å². The lowest BCUT2D eigenvalue weighted by atomic mass is 10.0. The third kappa shape index (κ3) is 5.04. The number of ether oxygens (including phenoxy) is 2. The maximum absolute atomic E-state index is 14.2. The van der Waals surface area contributed by atoms with E-state index in [9.17, 15) is 9.59 Å². The first-order valence-electron chi connectivity index (χ1n) is 12.6. The number of hydrogen-bond acceptors (Lipinski definition) is 5. The molecular formula is C30H33ClN4O4. The van der Waals surface area contributed by atoms with Crippen molar-refractivity contribution in [3.63, 3.8) is 0 Å². The Bertz CT molecular complexity index is 1460. The molecule has 0 saturated carbocycles. The van der Waals surface area contributed by atoms with Crippen LogP contribution < -0.4 is 9.64 Å². The Morgan fingerprint density at radius 3 is 2.41 bits per heavy atom. The monoisotopic (exact) mass is 548 g/mol. The number of hydrogen-bond donors (Lipinski definition) is 0. The summed E-state index contributed by atoms with van der Waals surface area (Å²) < 4.78 is 13.4. The number of anilines is 1. The number of methoxy groups -OCH3 is 2. The zero-order chi connectivity index (χ0) is 28.4. The topological polar surface area (TPSA) is 76.9 Å². The molecule has 1 unspecified atom stereocenters. The molecule has 39 heavy (non-hydrogen) atoms. The number of imidazole rings is 1. The summed E-state index contributed by atoms with van der Waals surface area (Å²) in [6.45, 7) is 7.94. The minimum absolute atomic E-state index is 0.0601. The van der Waals surface area contributed by atoms with Gasteiger partial charge in [0, 0.05) is 24.3 Å². The molecule has 1 atom stereocenters. The smallest absolute Gasteiger partial charge is 0.279 e. The van der Waals surface area contributed by atoms with Gasteiger partial charge in [-0.1, -0.05) is 35.9 Å². The van der Waals surface area contributed by atoms with Crippen molar-refractivity contribution >= 4 is 35.2 Å². The normalized spacial score (nSPS) is 15.6. The van der Waals surface area contributed by atoms with E-state index in [-0.39, 0.29) is 11.9 Å². The van der Waals surface area contributed by atoms with E-state index in [0.717, 1.165) is 16.8 Å². The number of fused-ring (bicyclic) bond motifs is 1. The number of rotatable bonds is 9. The van der Waals surface area contributed by atoms with E-state index in [1.165, 1.54) is 12.0 Å². The van der Waals surface area contributed by atoms with Crippen molar-refractivity contribution in [2.45, 2.75) is 39.8 Å². The van der Waals surface area contributed by atoms with Gasteiger partial charge >= 0.3 is 0 Å². The number of carbonyl (C=O) groups excluding carboxylic acids is 2. The molecule has 4 rings (SSSR count). The zero-order valence-electron chi connectivity index (χ0n) is 23.2. The highest BCUT2D eigenvalue weighted by Crippen LogP contribution is 2.47. The molecule has 3 aromatic rings. The molecule has 204 valence electrons. The predicted octanol–water partition coefficient (Wildman–Crippen LogP) is 6.16. The van der Waals surface area contributed by atoms with Crippen LogP contribution in [0.4, 0.5) is 5.69 Å². The van der Waals surface area contributed by atoms with Crippen LogP contribution in [0.5, 0.6) is 5.75 Å². The van der Waals surface area contributed by atoms with Gasteiger partial charge in [0.25, 0.3) is 5.91 Å². The summed E-state index contributed by atoms with van der Waals surface area (Å²) >= 11 is 6.25. The van der Waals surface area contributed by atoms with Gasteiger partial charge in [-0.3, -0.25) is 14.5 Å². The molecule has 0 aliphatic carbocycles. The van der Waals surface area contributed by atoms with Gasteiger partial charge in [-0.25, -0.2) is 4.98 Å². The molecule has 1 aliphatic rings. The fraction of sp³-hybridized carbons (Fsp3) is 0.300. The van der Waals surface area contributed by atoms with Crippen molar-refractivity contribution < 1.29 is 19.1 Å². The summed E-state index contributed by atoms with van der Waals surface area (Å²) in [4.78, 5) is 33.6. The number of carbonyl (C=O) groups is 2. The molecular weight excluding hydrogens is 516 g/mol. The number of aromatic nitrogens is 2. The summed E-state index contributed by atoms with van der Waals surface area (Å²) in [6.07, 6.45) is 4.15. The van der Waals surface area contributed by atoms with Crippen molar-refractivity contribution in [3.8, 4) is 5.75 Å². The summed E-state index contributed by atoms with van der Waals surface area (Å²) in [5, 5.41) is 0.603. The van der Waals surface area contributed by atoms with Crippen LogP contribution in [0.15, 0.2) is 60.5 Å². The van der Waals surface area contributed by atoms with Crippen LogP contribution in [0.2, 0.25) is 5.02 Å². The van der Waals surface area contributed by atoms with Crippen LogP contribution in [0.1, 0.15) is 66.0 Å². The van der Waals surface area contributed by atoms with Crippen LogP contribution in [-0.2, 0) is 9.53 Å². The highest BCUT2D eigenvalue weighted by atomic mass is 35.5. The molecule has 0 N–H and O–H groups in total. The Labute approximate surface area is 234 Å². The fourth-order valence-electron chi connectivity index (χ4n) is 4.95. The van der Waals surface area contributed by atoms with Crippen molar-refractivity contribution in [1.29, 1.82) is 0 Å². The molecule has 2 heterocycles. The molecule has 0 bridgehead atoms. The third-order valence-corrected chi connectivity index (χ3v) is 6.94. The number of amides is 2. The Hall–Kier alpha value is -4.04. The van der Waals surface area contributed by atoms with Crippen molar-refractivity contribution in [2.24, 2.45) is 0 Å². The Morgan fingerprint density at radius 2 is 1.85 bits per heavy atom. The largest absolute Gasteiger partial charge is 0.495 e. The molecule has 1 aliphatic heterocycles. The highest BCUT2D eigenvalue weighted by molar-refractivity contribution is 6.30. The molecule has 0 saturated heterocycles. The van der Waals surface area contributed by atoms with E-state index in [0.29, 0.717) is 45.7 Å². The third-order valence-electron chi connectivity index (χ3n) is 6.68. The van der Waals surface area contributed by atoms with E-state index in [2.05, 4.69) is 4.57 Å². The SMILES string of the molecule is C/C=C(\C(=C/N(C)C=O)OC)c1nc2c(n1C(C)C)C(c1ccc(Cl)cc1)N(c1cc(C)ccc1OC)C2=O. The van der Waals surface area contributed by atoms with Gasteiger partial charge in [-0.2, -0.15) is 0 Å². The predicted molar refractivity (Wildman–Crippen MR) is 153 cm³/mol. The van der Waals surface area contributed by atoms with E-state index in [4.69, 9.17) is 26.1 Å². The number of nitrogens with zero attached hydrogens (tertiary/aromatic N) is 4. The van der Waals surface area contributed by atoms with Crippen LogP contribution in [0.3, 0.4) is 0 Å². The van der Waals surface area contributed by atoms with E-state index < -0.39 is 6.04 Å². The minimum atomic E-state index is -0.491. The van der Waals surface area contributed by atoms with E-state index in [1.807, 2.05) is 76.2 Å². The lowest BCUT2D eigenvalue weighted by Gasteiger charge is -2.30. The molecule has 0 spiro atoms. The molecule has 9 heteroatoms. The maximum atomic E-state index is 14.2. The Kier molecular flexibility index (Phi) is 8.16. The lowest BCUT2D eigenvalue weighted by Crippen LogP contribution is -2.31. The summed E-state index contributed by atoms with van der Waals surface area (Å²) in [5.41, 5.74) is 4.31. The van der Waals surface area contributed by atoms with Gasteiger partial charge in [0.05, 0.1) is 31.2 Å². The fourth-order valence-corrected chi connectivity index (χ4v) is 5.07. The van der Waals surface area contributed by atoms with Crippen molar-refractivity contribution in [2.75, 3.05) is 26.2 Å². The summed E-state index contributed by atoms with van der Waals surface area (Å²) in [6, 6.07) is 12.7. The van der Waals surface area contributed by atoms with Crippen LogP contribution in [0.25, 0.3) is 5.57 Å². The number of aryl methyl sites for hydroxylation is 1. The number of allylic oxidation sites excluding steroid dienone is 2. The molecule has 0 fully saturated rings. The zero-order valence-corrected chi connectivity index (χ0v) is 24.0. The van der Waals surface area contributed by atoms with Gasteiger partial charge < -0.3 is 18.9 Å². The maximum Gasteiger partial charge on any atom is 0.279 e. The molecule has 2 amide bonds. The van der Waals surface area contributed by atoms with Crippen LogP contribution >= 0.6 is 11.6 Å². The minimum Gasteiger partial charge on any atom is -0.495 e. The number of benzene rings is 2.